The first-order chi connectivity index (χ1) is 12.4. The second-order valence-corrected chi connectivity index (χ2v) is 6.49. The number of carbonyl (C=O) groups excluding carboxylic acids is 2. The van der Waals surface area contributed by atoms with E-state index in [1.807, 2.05) is 37.3 Å². The maximum atomic E-state index is 12.1. The maximum Gasteiger partial charge on any atom is 0.240 e. The average molecular weight is 372 g/mol. The largest absolute Gasteiger partial charge is 0.326 e. The zero-order valence-electron chi connectivity index (χ0n) is 14.9. The quantitative estimate of drug-likeness (QED) is 0.568. The summed E-state index contributed by atoms with van der Waals surface area (Å²) in [5, 5.41) is 7.42. The highest BCUT2D eigenvalue weighted by molar-refractivity contribution is 6.30. The zero-order valence-corrected chi connectivity index (χ0v) is 15.6. The van der Waals surface area contributed by atoms with Crippen molar-refractivity contribution in [3.63, 3.8) is 0 Å². The highest BCUT2D eigenvalue weighted by Gasteiger charge is 2.08. The molecule has 0 spiro atoms. The minimum Gasteiger partial charge on any atom is -0.326 e. The summed E-state index contributed by atoms with van der Waals surface area (Å²) >= 11 is 5.90. The second-order valence-electron chi connectivity index (χ2n) is 6.05. The molecule has 2 N–H and O–H groups in total. The Morgan fingerprint density at radius 3 is 2.50 bits per heavy atom. The summed E-state index contributed by atoms with van der Waals surface area (Å²) in [5.41, 5.74) is 5.71. The van der Waals surface area contributed by atoms with Gasteiger partial charge in [-0.05, 0) is 49.6 Å². The smallest absolute Gasteiger partial charge is 0.240 e. The van der Waals surface area contributed by atoms with Gasteiger partial charge in [-0.2, -0.15) is 5.10 Å². The first kappa shape index (κ1) is 19.7. The van der Waals surface area contributed by atoms with E-state index in [1.54, 1.807) is 25.1 Å². The molecule has 2 amide bonds. The molecule has 6 heteroatoms. The molecule has 0 unspecified atom stereocenters. The van der Waals surface area contributed by atoms with Gasteiger partial charge in [-0.3, -0.25) is 9.59 Å². The highest BCUT2D eigenvalue weighted by atomic mass is 35.5. The van der Waals surface area contributed by atoms with Gasteiger partial charge < -0.3 is 5.32 Å². The van der Waals surface area contributed by atoms with Gasteiger partial charge in [-0.1, -0.05) is 41.9 Å². The van der Waals surface area contributed by atoms with Crippen molar-refractivity contribution in [2.75, 3.05) is 5.32 Å². The maximum absolute atomic E-state index is 12.1. The lowest BCUT2D eigenvalue weighted by Gasteiger charge is -2.08. The predicted octanol–water partition coefficient (Wildman–Crippen LogP) is 4.10. The van der Waals surface area contributed by atoms with Crippen LogP contribution in [0.5, 0.6) is 0 Å². The van der Waals surface area contributed by atoms with Gasteiger partial charge in [0.15, 0.2) is 0 Å². The van der Waals surface area contributed by atoms with Gasteiger partial charge in [-0.25, -0.2) is 5.43 Å². The Labute approximate surface area is 158 Å². The first-order valence-corrected chi connectivity index (χ1v) is 8.74. The molecule has 0 aliphatic heterocycles. The van der Waals surface area contributed by atoms with Gasteiger partial charge in [0.2, 0.25) is 11.8 Å². The third-order valence-electron chi connectivity index (χ3n) is 3.73. The van der Waals surface area contributed by atoms with Crippen molar-refractivity contribution >= 4 is 34.8 Å². The van der Waals surface area contributed by atoms with Crippen LogP contribution in [-0.2, 0) is 16.0 Å². The van der Waals surface area contributed by atoms with Crippen LogP contribution >= 0.6 is 11.6 Å². The van der Waals surface area contributed by atoms with E-state index in [2.05, 4.69) is 15.8 Å². The summed E-state index contributed by atoms with van der Waals surface area (Å²) < 4.78 is 0. The number of nitrogens with zero attached hydrogens (tertiary/aromatic N) is 1. The van der Waals surface area contributed by atoms with Crippen LogP contribution < -0.4 is 10.7 Å². The van der Waals surface area contributed by atoms with Crippen molar-refractivity contribution in [3.05, 3.63) is 64.7 Å². The Bertz CT molecular complexity index is 804. The molecule has 5 nitrogen and oxygen atoms in total. The molecule has 2 aromatic carbocycles. The minimum absolute atomic E-state index is 0.0982. The van der Waals surface area contributed by atoms with Crippen molar-refractivity contribution in [3.8, 4) is 0 Å². The Balaban J connectivity index is 1.77. The van der Waals surface area contributed by atoms with E-state index in [0.29, 0.717) is 29.3 Å². The van der Waals surface area contributed by atoms with Crippen LogP contribution in [0.2, 0.25) is 5.02 Å². The Morgan fingerprint density at radius 1 is 1.08 bits per heavy atom. The number of hydrogen-bond acceptors (Lipinski definition) is 3. The summed E-state index contributed by atoms with van der Waals surface area (Å²) in [6.45, 7) is 3.57. The molecule has 2 rings (SSSR count). The monoisotopic (exact) mass is 371 g/mol. The summed E-state index contributed by atoms with van der Waals surface area (Å²) in [5.74, 6) is -0.377. The van der Waals surface area contributed by atoms with E-state index in [1.165, 1.54) is 0 Å². The molecule has 0 radical (unpaired) electrons. The fourth-order valence-electron chi connectivity index (χ4n) is 2.35. The number of amides is 2. The number of carbonyl (C=O) groups is 2. The van der Waals surface area contributed by atoms with Crippen LogP contribution in [0.15, 0.2) is 53.6 Å². The first-order valence-electron chi connectivity index (χ1n) is 8.36. The van der Waals surface area contributed by atoms with E-state index in [9.17, 15) is 9.59 Å². The molecule has 26 heavy (non-hydrogen) atoms. The second kappa shape index (κ2) is 9.73. The summed E-state index contributed by atoms with van der Waals surface area (Å²) in [6, 6.07) is 15.0. The molecule has 0 heterocycles. The molecule has 2 aromatic rings. The number of hydrogen-bond donors (Lipinski definition) is 2. The van der Waals surface area contributed by atoms with Gasteiger partial charge in [0.25, 0.3) is 0 Å². The standard InChI is InChI=1S/C20H22ClN3O2/c1-14-12-17(21)9-10-18(14)22-20(26)13-15(2)23-24-19(25)11-8-16-6-4-3-5-7-16/h3-7,9-10,12H,8,11,13H2,1-2H3,(H,22,26)(H,24,25)/b23-15+. The van der Waals surface area contributed by atoms with Crippen molar-refractivity contribution in [2.24, 2.45) is 5.10 Å². The lowest BCUT2D eigenvalue weighted by atomic mass is 10.1. The van der Waals surface area contributed by atoms with E-state index in [-0.39, 0.29) is 18.2 Å². The molecular weight excluding hydrogens is 350 g/mol. The van der Waals surface area contributed by atoms with E-state index < -0.39 is 0 Å². The van der Waals surface area contributed by atoms with Crippen molar-refractivity contribution in [1.29, 1.82) is 0 Å². The number of nitrogens with one attached hydrogen (secondary N) is 2. The lowest BCUT2D eigenvalue weighted by molar-refractivity contribution is -0.121. The van der Waals surface area contributed by atoms with Crippen LogP contribution in [0.3, 0.4) is 0 Å². The Kier molecular flexibility index (Phi) is 7.36. The summed E-state index contributed by atoms with van der Waals surface area (Å²) in [7, 11) is 0. The third kappa shape index (κ3) is 6.69. The number of anilines is 1. The van der Waals surface area contributed by atoms with Crippen LogP contribution in [0.4, 0.5) is 5.69 Å². The molecule has 136 valence electrons. The molecule has 0 saturated heterocycles. The molecule has 0 fully saturated rings. The van der Waals surface area contributed by atoms with Gasteiger partial charge in [0, 0.05) is 22.8 Å². The zero-order chi connectivity index (χ0) is 18.9. The van der Waals surface area contributed by atoms with Gasteiger partial charge in [0.05, 0.1) is 6.42 Å². The van der Waals surface area contributed by atoms with E-state index in [4.69, 9.17) is 11.6 Å². The lowest BCUT2D eigenvalue weighted by Crippen LogP contribution is -2.21. The minimum atomic E-state index is -0.199. The van der Waals surface area contributed by atoms with Crippen molar-refractivity contribution in [1.82, 2.24) is 5.43 Å². The molecule has 0 aliphatic rings. The topological polar surface area (TPSA) is 70.6 Å². The predicted molar refractivity (Wildman–Crippen MR) is 105 cm³/mol. The average Bonchev–Trinajstić information content (AvgIpc) is 2.61. The number of halogens is 1. The van der Waals surface area contributed by atoms with Crippen LogP contribution in [0.25, 0.3) is 0 Å². The summed E-state index contributed by atoms with van der Waals surface area (Å²) in [6.07, 6.45) is 1.09. The fraction of sp³-hybridized carbons (Fsp3) is 0.250. The Morgan fingerprint density at radius 2 is 1.81 bits per heavy atom. The van der Waals surface area contributed by atoms with E-state index >= 15 is 0 Å². The van der Waals surface area contributed by atoms with Crippen LogP contribution in [0.1, 0.15) is 30.9 Å². The number of aryl methyl sites for hydroxylation is 2. The number of rotatable bonds is 7. The van der Waals surface area contributed by atoms with Crippen molar-refractivity contribution < 1.29 is 9.59 Å². The van der Waals surface area contributed by atoms with Crippen molar-refractivity contribution in [2.45, 2.75) is 33.1 Å². The number of hydrazone groups is 1. The van der Waals surface area contributed by atoms with Gasteiger partial charge in [0.1, 0.15) is 0 Å². The van der Waals surface area contributed by atoms with Gasteiger partial charge >= 0.3 is 0 Å². The molecular formula is C20H22ClN3O2. The highest BCUT2D eigenvalue weighted by Crippen LogP contribution is 2.19. The normalized spacial score (nSPS) is 11.1. The molecule has 0 aromatic heterocycles. The van der Waals surface area contributed by atoms with Crippen LogP contribution in [-0.4, -0.2) is 17.5 Å². The third-order valence-corrected chi connectivity index (χ3v) is 3.97. The summed E-state index contributed by atoms with van der Waals surface area (Å²) in [4.78, 5) is 23.9. The van der Waals surface area contributed by atoms with Crippen LogP contribution in [0, 0.1) is 6.92 Å². The van der Waals surface area contributed by atoms with Gasteiger partial charge in [-0.15, -0.1) is 0 Å². The SMILES string of the molecule is C/C(CC(=O)Nc1ccc(Cl)cc1C)=N\NC(=O)CCc1ccccc1. The molecule has 0 saturated carbocycles. The molecule has 0 bridgehead atoms. The van der Waals surface area contributed by atoms with E-state index in [0.717, 1.165) is 11.1 Å². The Hall–Kier alpha value is -2.66. The molecule has 0 atom stereocenters. The number of benzene rings is 2. The fourth-order valence-corrected chi connectivity index (χ4v) is 2.58. The molecule has 0 aliphatic carbocycles.